The zero-order valence-electron chi connectivity index (χ0n) is 23.2. The molecule has 0 radical (unpaired) electrons. The van der Waals surface area contributed by atoms with E-state index in [0.29, 0.717) is 0 Å². The van der Waals surface area contributed by atoms with Crippen LogP contribution in [0.4, 0.5) is 0 Å². The second kappa shape index (κ2) is 13.6. The van der Waals surface area contributed by atoms with Crippen molar-refractivity contribution in [3.63, 3.8) is 0 Å². The Morgan fingerprint density at radius 3 is 2.39 bits per heavy atom. The SMILES string of the molecule is C=C/C(=C\C(=C/C)c1cccc(C2=CC(c3cccc(/C(C)=C/C=C\C)c3)=CCCC2)c1)C1=CCCC=C1. The molecule has 0 unspecified atom stereocenters. The van der Waals surface area contributed by atoms with Gasteiger partial charge >= 0.3 is 0 Å². The summed E-state index contributed by atoms with van der Waals surface area (Å²) >= 11 is 0. The van der Waals surface area contributed by atoms with Gasteiger partial charge in [-0.2, -0.15) is 0 Å². The molecule has 192 valence electrons. The largest absolute Gasteiger partial charge is 0.0984 e. The van der Waals surface area contributed by atoms with Crippen molar-refractivity contribution >= 4 is 22.3 Å². The van der Waals surface area contributed by atoms with E-state index >= 15 is 0 Å². The molecular weight excluding hydrogens is 456 g/mol. The average molecular weight is 497 g/mol. The molecule has 0 spiro atoms. The van der Waals surface area contributed by atoms with Crippen LogP contribution in [0.15, 0.2) is 133 Å². The molecule has 4 rings (SSSR count). The minimum Gasteiger partial charge on any atom is -0.0984 e. The lowest BCUT2D eigenvalue weighted by Crippen LogP contribution is -1.92. The van der Waals surface area contributed by atoms with Gasteiger partial charge in [0.2, 0.25) is 0 Å². The Bertz CT molecular complexity index is 1410. The molecule has 0 N–H and O–H groups in total. The molecule has 0 saturated heterocycles. The number of benzene rings is 2. The van der Waals surface area contributed by atoms with E-state index in [2.05, 4.69) is 137 Å². The first kappa shape index (κ1) is 27.1. The second-order valence-electron chi connectivity index (χ2n) is 9.95. The predicted octanol–water partition coefficient (Wildman–Crippen LogP) is 11.1. The van der Waals surface area contributed by atoms with Crippen molar-refractivity contribution in [1.29, 1.82) is 0 Å². The smallest absolute Gasteiger partial charge is 0.0181 e. The van der Waals surface area contributed by atoms with E-state index in [1.807, 2.05) is 6.08 Å². The molecule has 0 bridgehead atoms. The number of allylic oxidation sites excluding steroid dienone is 17. The molecule has 38 heavy (non-hydrogen) atoms. The summed E-state index contributed by atoms with van der Waals surface area (Å²) in [5, 5.41) is 0. The van der Waals surface area contributed by atoms with Crippen LogP contribution in [0.1, 0.15) is 75.1 Å². The van der Waals surface area contributed by atoms with Crippen molar-refractivity contribution < 1.29 is 0 Å². The van der Waals surface area contributed by atoms with Crippen LogP contribution in [-0.4, -0.2) is 0 Å². The lowest BCUT2D eigenvalue weighted by molar-refractivity contribution is 0.887. The van der Waals surface area contributed by atoms with Crippen LogP contribution in [0.5, 0.6) is 0 Å². The van der Waals surface area contributed by atoms with Crippen molar-refractivity contribution in [2.75, 3.05) is 0 Å². The van der Waals surface area contributed by atoms with Gasteiger partial charge in [0.15, 0.2) is 0 Å². The number of hydrogen-bond donors (Lipinski definition) is 0. The molecule has 2 aliphatic carbocycles. The molecule has 2 aromatic rings. The van der Waals surface area contributed by atoms with E-state index in [9.17, 15) is 0 Å². The van der Waals surface area contributed by atoms with Crippen LogP contribution >= 0.6 is 0 Å². The van der Waals surface area contributed by atoms with Gasteiger partial charge in [-0.05, 0) is 127 Å². The minimum atomic E-state index is 1.08. The van der Waals surface area contributed by atoms with Crippen molar-refractivity contribution in [2.24, 2.45) is 0 Å². The third-order valence-corrected chi connectivity index (χ3v) is 7.27. The Balaban J connectivity index is 1.66. The molecule has 0 heterocycles. The van der Waals surface area contributed by atoms with Crippen molar-refractivity contribution in [1.82, 2.24) is 0 Å². The summed E-state index contributed by atoms with van der Waals surface area (Å²) in [5.41, 5.74) is 12.8. The summed E-state index contributed by atoms with van der Waals surface area (Å²) in [7, 11) is 0. The first-order valence-corrected chi connectivity index (χ1v) is 13.9. The summed E-state index contributed by atoms with van der Waals surface area (Å²) in [5.74, 6) is 0. The molecule has 2 aliphatic rings. The zero-order chi connectivity index (χ0) is 26.7. The van der Waals surface area contributed by atoms with E-state index in [1.54, 1.807) is 0 Å². The Morgan fingerprint density at radius 2 is 1.66 bits per heavy atom. The second-order valence-corrected chi connectivity index (χ2v) is 9.95. The molecule has 0 fully saturated rings. The molecule has 0 amide bonds. The van der Waals surface area contributed by atoms with Gasteiger partial charge in [-0.25, -0.2) is 0 Å². The van der Waals surface area contributed by atoms with Crippen LogP contribution in [0.25, 0.3) is 22.3 Å². The maximum atomic E-state index is 4.09. The summed E-state index contributed by atoms with van der Waals surface area (Å²) in [6.45, 7) is 10.4. The highest BCUT2D eigenvalue weighted by molar-refractivity contribution is 5.87. The summed E-state index contributed by atoms with van der Waals surface area (Å²) in [6.07, 6.45) is 30.0. The van der Waals surface area contributed by atoms with Gasteiger partial charge in [0, 0.05) is 0 Å². The molecule has 0 nitrogen and oxygen atoms in total. The van der Waals surface area contributed by atoms with Gasteiger partial charge in [-0.1, -0.05) is 104 Å². The van der Waals surface area contributed by atoms with Crippen LogP contribution in [-0.2, 0) is 0 Å². The molecule has 0 saturated carbocycles. The summed E-state index contributed by atoms with van der Waals surface area (Å²) < 4.78 is 0. The fourth-order valence-corrected chi connectivity index (χ4v) is 5.07. The Hall–Kier alpha value is -3.90. The van der Waals surface area contributed by atoms with E-state index in [4.69, 9.17) is 0 Å². The Kier molecular flexibility index (Phi) is 9.71. The molecule has 0 aliphatic heterocycles. The van der Waals surface area contributed by atoms with Crippen molar-refractivity contribution in [3.8, 4) is 0 Å². The zero-order valence-corrected chi connectivity index (χ0v) is 23.2. The first-order chi connectivity index (χ1) is 18.6. The summed E-state index contributed by atoms with van der Waals surface area (Å²) in [4.78, 5) is 0. The highest BCUT2D eigenvalue weighted by Gasteiger charge is 2.11. The number of hydrogen-bond acceptors (Lipinski definition) is 0. The van der Waals surface area contributed by atoms with Gasteiger partial charge in [-0.3, -0.25) is 0 Å². The Labute approximate surface area is 230 Å². The van der Waals surface area contributed by atoms with Crippen LogP contribution < -0.4 is 0 Å². The van der Waals surface area contributed by atoms with Crippen LogP contribution in [0.2, 0.25) is 0 Å². The summed E-state index contributed by atoms with van der Waals surface area (Å²) in [6, 6.07) is 18.0. The topological polar surface area (TPSA) is 0 Å². The van der Waals surface area contributed by atoms with E-state index in [1.165, 1.54) is 55.7 Å². The lowest BCUT2D eigenvalue weighted by atomic mass is 9.92. The van der Waals surface area contributed by atoms with Crippen molar-refractivity contribution in [3.05, 3.63) is 155 Å². The molecule has 0 aromatic heterocycles. The standard InChI is InChI=1S/C38H40/c1-5-8-16-29(4)33-21-14-23-37(26-33)35-19-12-13-20-36(28-35)38-24-15-22-34(27-38)31(7-3)25-30(6-2)32-17-10-9-11-18-32/h5-8,10,14-19,21-28H,2,9,11-13,20H2,1,3-4H3/b8-5-,29-16+,30-25+,31-7+. The highest BCUT2D eigenvalue weighted by atomic mass is 14.2. The first-order valence-electron chi connectivity index (χ1n) is 13.9. The fraction of sp³-hybridized carbons (Fsp3) is 0.211. The lowest BCUT2D eigenvalue weighted by Gasteiger charge is -2.13. The van der Waals surface area contributed by atoms with E-state index in [0.717, 1.165) is 32.1 Å². The van der Waals surface area contributed by atoms with Gasteiger partial charge in [-0.15, -0.1) is 0 Å². The van der Waals surface area contributed by atoms with Crippen LogP contribution in [0, 0.1) is 0 Å². The van der Waals surface area contributed by atoms with Gasteiger partial charge < -0.3 is 0 Å². The maximum absolute atomic E-state index is 4.09. The van der Waals surface area contributed by atoms with E-state index in [-0.39, 0.29) is 0 Å². The van der Waals surface area contributed by atoms with E-state index < -0.39 is 0 Å². The molecule has 0 heteroatoms. The predicted molar refractivity (Wildman–Crippen MR) is 170 cm³/mol. The molecule has 0 atom stereocenters. The van der Waals surface area contributed by atoms with Crippen LogP contribution in [0.3, 0.4) is 0 Å². The third-order valence-electron chi connectivity index (χ3n) is 7.27. The maximum Gasteiger partial charge on any atom is -0.0181 e. The Morgan fingerprint density at radius 1 is 0.868 bits per heavy atom. The third kappa shape index (κ3) is 6.90. The van der Waals surface area contributed by atoms with Gasteiger partial charge in [0.1, 0.15) is 0 Å². The van der Waals surface area contributed by atoms with Gasteiger partial charge in [0.25, 0.3) is 0 Å². The molecule has 2 aromatic carbocycles. The van der Waals surface area contributed by atoms with Gasteiger partial charge in [0.05, 0.1) is 0 Å². The monoisotopic (exact) mass is 496 g/mol. The average Bonchev–Trinajstić information content (AvgIpc) is 3.24. The normalized spacial score (nSPS) is 17.1. The number of rotatable bonds is 8. The quantitative estimate of drug-likeness (QED) is 0.319. The minimum absolute atomic E-state index is 1.08. The molecular formula is C38H40. The fourth-order valence-electron chi connectivity index (χ4n) is 5.07. The van der Waals surface area contributed by atoms with Crippen molar-refractivity contribution in [2.45, 2.75) is 52.9 Å². The highest BCUT2D eigenvalue weighted by Crippen LogP contribution is 2.33.